The molecule has 0 aliphatic carbocycles. The van der Waals surface area contributed by atoms with Crippen LogP contribution in [0.5, 0.6) is 0 Å². The lowest BCUT2D eigenvalue weighted by atomic mass is 9.94. The summed E-state index contributed by atoms with van der Waals surface area (Å²) in [5.74, 6) is 0.259. The van der Waals surface area contributed by atoms with Gasteiger partial charge in [0.1, 0.15) is 0 Å². The molecule has 0 heterocycles. The van der Waals surface area contributed by atoms with Crippen LogP contribution in [0.25, 0.3) is 0 Å². The summed E-state index contributed by atoms with van der Waals surface area (Å²) in [6, 6.07) is 0. The summed E-state index contributed by atoms with van der Waals surface area (Å²) in [5, 5.41) is 9.60. The lowest BCUT2D eigenvalue weighted by molar-refractivity contribution is -0.150. The standard InChI is InChI=1S/C46H91NO5/c1-5-9-13-17-19-27-35-43(33-25-15-11-7-3)45(49)51-41-31-23-21-29-37-47(39-40-48)38-30-22-24-32-42-52-46(50)44(34-26-16-12-8-4)36-28-20-18-14-10-6-2/h43-44,48H,5-42H2,1-4H3. The number of aliphatic hydroxyl groups is 1. The Morgan fingerprint density at radius 1 is 0.404 bits per heavy atom. The van der Waals surface area contributed by atoms with Gasteiger partial charge in [-0.15, -0.1) is 0 Å². The number of unbranched alkanes of at least 4 members (excludes halogenated alkanes) is 22. The number of hydrogen-bond acceptors (Lipinski definition) is 6. The fraction of sp³-hybridized carbons (Fsp3) is 0.957. The Bertz CT molecular complexity index is 688. The highest BCUT2D eigenvalue weighted by Gasteiger charge is 2.20. The molecule has 0 aromatic heterocycles. The van der Waals surface area contributed by atoms with Crippen molar-refractivity contribution in [3.63, 3.8) is 0 Å². The van der Waals surface area contributed by atoms with Crippen LogP contribution in [0.2, 0.25) is 0 Å². The molecule has 52 heavy (non-hydrogen) atoms. The first-order valence-corrected chi connectivity index (χ1v) is 23.2. The molecule has 0 saturated heterocycles. The van der Waals surface area contributed by atoms with Crippen LogP contribution in [-0.4, -0.2) is 61.4 Å². The summed E-state index contributed by atoms with van der Waals surface area (Å²) < 4.78 is 11.6. The van der Waals surface area contributed by atoms with Gasteiger partial charge < -0.3 is 19.5 Å². The fourth-order valence-electron chi connectivity index (χ4n) is 7.38. The molecular weight excluding hydrogens is 647 g/mol. The first-order chi connectivity index (χ1) is 25.5. The van der Waals surface area contributed by atoms with Gasteiger partial charge in [-0.05, 0) is 64.5 Å². The van der Waals surface area contributed by atoms with E-state index in [1.807, 2.05) is 0 Å². The number of aliphatic hydroxyl groups excluding tert-OH is 1. The summed E-state index contributed by atoms with van der Waals surface area (Å²) in [7, 11) is 0. The van der Waals surface area contributed by atoms with Gasteiger partial charge in [-0.2, -0.15) is 0 Å². The number of hydrogen-bond donors (Lipinski definition) is 1. The Balaban J connectivity index is 4.20. The van der Waals surface area contributed by atoms with Crippen LogP contribution >= 0.6 is 0 Å². The Labute approximate surface area is 324 Å². The molecule has 2 atom stereocenters. The molecule has 1 N–H and O–H groups in total. The lowest BCUT2D eigenvalue weighted by Gasteiger charge is -2.21. The van der Waals surface area contributed by atoms with E-state index >= 15 is 0 Å². The lowest BCUT2D eigenvalue weighted by Crippen LogP contribution is -2.29. The van der Waals surface area contributed by atoms with Crippen molar-refractivity contribution in [2.75, 3.05) is 39.5 Å². The molecule has 310 valence electrons. The van der Waals surface area contributed by atoms with E-state index in [0.717, 1.165) is 122 Å². The van der Waals surface area contributed by atoms with E-state index in [9.17, 15) is 14.7 Å². The highest BCUT2D eigenvalue weighted by atomic mass is 16.5. The van der Waals surface area contributed by atoms with E-state index in [1.54, 1.807) is 0 Å². The molecule has 0 amide bonds. The highest BCUT2D eigenvalue weighted by Crippen LogP contribution is 2.22. The minimum Gasteiger partial charge on any atom is -0.465 e. The van der Waals surface area contributed by atoms with Crippen molar-refractivity contribution in [3.8, 4) is 0 Å². The van der Waals surface area contributed by atoms with Crippen LogP contribution in [0.1, 0.15) is 233 Å². The zero-order valence-corrected chi connectivity index (χ0v) is 35.6. The third kappa shape index (κ3) is 33.4. The first kappa shape index (κ1) is 50.9. The number of esters is 2. The summed E-state index contributed by atoms with van der Waals surface area (Å²) in [6.07, 6.45) is 37.3. The summed E-state index contributed by atoms with van der Waals surface area (Å²) in [4.78, 5) is 28.2. The van der Waals surface area contributed by atoms with E-state index in [0.29, 0.717) is 13.2 Å². The minimum atomic E-state index is 0.0443. The van der Waals surface area contributed by atoms with Gasteiger partial charge in [-0.1, -0.05) is 182 Å². The third-order valence-electron chi connectivity index (χ3n) is 10.9. The van der Waals surface area contributed by atoms with Crippen LogP contribution in [-0.2, 0) is 19.1 Å². The molecule has 0 radical (unpaired) electrons. The maximum absolute atomic E-state index is 12.9. The van der Waals surface area contributed by atoms with Gasteiger partial charge in [0, 0.05) is 6.54 Å². The second-order valence-electron chi connectivity index (χ2n) is 15.9. The predicted octanol–water partition coefficient (Wildman–Crippen LogP) is 13.2. The maximum Gasteiger partial charge on any atom is 0.308 e. The van der Waals surface area contributed by atoms with Crippen molar-refractivity contribution < 1.29 is 24.2 Å². The van der Waals surface area contributed by atoms with Crippen LogP contribution in [0, 0.1) is 11.8 Å². The average molecular weight is 738 g/mol. The fourth-order valence-corrected chi connectivity index (χ4v) is 7.38. The van der Waals surface area contributed by atoms with E-state index < -0.39 is 0 Å². The molecule has 0 saturated carbocycles. The normalized spacial score (nSPS) is 12.7. The van der Waals surface area contributed by atoms with Crippen molar-refractivity contribution in [2.24, 2.45) is 11.8 Å². The monoisotopic (exact) mass is 738 g/mol. The molecule has 2 unspecified atom stereocenters. The van der Waals surface area contributed by atoms with E-state index in [1.165, 1.54) is 103 Å². The molecule has 6 nitrogen and oxygen atoms in total. The van der Waals surface area contributed by atoms with Gasteiger partial charge in [0.2, 0.25) is 0 Å². The highest BCUT2D eigenvalue weighted by molar-refractivity contribution is 5.72. The van der Waals surface area contributed by atoms with E-state index in [-0.39, 0.29) is 30.4 Å². The van der Waals surface area contributed by atoms with Gasteiger partial charge in [0.15, 0.2) is 0 Å². The Kier molecular flexibility index (Phi) is 40.1. The van der Waals surface area contributed by atoms with Crippen LogP contribution in [0.4, 0.5) is 0 Å². The van der Waals surface area contributed by atoms with Crippen molar-refractivity contribution in [2.45, 2.75) is 233 Å². The molecular formula is C46H91NO5. The minimum absolute atomic E-state index is 0.0443. The van der Waals surface area contributed by atoms with Gasteiger partial charge in [0.05, 0.1) is 31.7 Å². The molecule has 0 spiro atoms. The first-order valence-electron chi connectivity index (χ1n) is 23.2. The quantitative estimate of drug-likeness (QED) is 0.0496. The number of carbonyl (C=O) groups excluding carboxylic acids is 2. The average Bonchev–Trinajstić information content (AvgIpc) is 3.14. The topological polar surface area (TPSA) is 76.1 Å². The summed E-state index contributed by atoms with van der Waals surface area (Å²) in [6.45, 7) is 13.0. The second-order valence-corrected chi connectivity index (χ2v) is 15.9. The predicted molar refractivity (Wildman–Crippen MR) is 223 cm³/mol. The summed E-state index contributed by atoms with van der Waals surface area (Å²) in [5.41, 5.74) is 0. The van der Waals surface area contributed by atoms with Crippen molar-refractivity contribution in [1.82, 2.24) is 4.90 Å². The molecule has 0 aliphatic heterocycles. The smallest absolute Gasteiger partial charge is 0.308 e. The van der Waals surface area contributed by atoms with Gasteiger partial charge in [-0.25, -0.2) is 0 Å². The van der Waals surface area contributed by atoms with Crippen LogP contribution in [0.15, 0.2) is 0 Å². The zero-order chi connectivity index (χ0) is 38.2. The third-order valence-corrected chi connectivity index (χ3v) is 10.9. The van der Waals surface area contributed by atoms with Crippen LogP contribution in [0.3, 0.4) is 0 Å². The van der Waals surface area contributed by atoms with Crippen molar-refractivity contribution in [3.05, 3.63) is 0 Å². The molecule has 0 aromatic rings. The molecule has 0 aromatic carbocycles. The molecule has 0 bridgehead atoms. The Hall–Kier alpha value is -1.14. The molecule has 0 aliphatic rings. The van der Waals surface area contributed by atoms with Gasteiger partial charge >= 0.3 is 11.9 Å². The van der Waals surface area contributed by atoms with E-state index in [2.05, 4.69) is 32.6 Å². The Morgan fingerprint density at radius 3 is 1.04 bits per heavy atom. The largest absolute Gasteiger partial charge is 0.465 e. The number of rotatable bonds is 42. The molecule has 0 fully saturated rings. The zero-order valence-electron chi connectivity index (χ0n) is 35.6. The van der Waals surface area contributed by atoms with Gasteiger partial charge in [-0.3, -0.25) is 9.59 Å². The number of nitrogens with zero attached hydrogens (tertiary/aromatic N) is 1. The van der Waals surface area contributed by atoms with E-state index in [4.69, 9.17) is 9.47 Å². The van der Waals surface area contributed by atoms with Crippen LogP contribution < -0.4 is 0 Å². The molecule has 0 rings (SSSR count). The van der Waals surface area contributed by atoms with Crippen molar-refractivity contribution in [1.29, 1.82) is 0 Å². The summed E-state index contributed by atoms with van der Waals surface area (Å²) >= 11 is 0. The Morgan fingerprint density at radius 2 is 0.692 bits per heavy atom. The maximum atomic E-state index is 12.9. The number of carbonyl (C=O) groups is 2. The van der Waals surface area contributed by atoms with Crippen molar-refractivity contribution >= 4 is 11.9 Å². The SMILES string of the molecule is CCCCCCCCC(CCCCCC)C(=O)OCCCCCCN(CCO)CCCCCCOC(=O)C(CCCCCC)CCCCCCCC. The molecule has 6 heteroatoms. The number of ether oxygens (including phenoxy) is 2. The second kappa shape index (κ2) is 41.0. The van der Waals surface area contributed by atoms with Gasteiger partial charge in [0.25, 0.3) is 0 Å².